The number of unbranched alkanes of at least 4 members (excludes halogenated alkanes) is 1. The van der Waals surface area contributed by atoms with Gasteiger partial charge in [-0.2, -0.15) is 0 Å². The fourth-order valence-corrected chi connectivity index (χ4v) is 2.79. The highest BCUT2D eigenvalue weighted by molar-refractivity contribution is 5.84. The van der Waals surface area contributed by atoms with Crippen LogP contribution < -0.4 is 11.1 Å². The summed E-state index contributed by atoms with van der Waals surface area (Å²) in [7, 11) is 0. The van der Waals surface area contributed by atoms with Crippen molar-refractivity contribution in [3.63, 3.8) is 0 Å². The van der Waals surface area contributed by atoms with Crippen LogP contribution in [0.2, 0.25) is 0 Å². The van der Waals surface area contributed by atoms with E-state index in [0.717, 1.165) is 58.5 Å². The number of nitrogens with one attached hydrogen (secondary N) is 1. The smallest absolute Gasteiger partial charge is 0.237 e. The van der Waals surface area contributed by atoms with Crippen molar-refractivity contribution < 1.29 is 9.53 Å². The summed E-state index contributed by atoms with van der Waals surface area (Å²) in [6.07, 6.45) is 4.35. The molecule has 0 radical (unpaired) electrons. The quantitative estimate of drug-likeness (QED) is 0.656. The van der Waals surface area contributed by atoms with Crippen molar-refractivity contribution >= 4 is 5.91 Å². The summed E-state index contributed by atoms with van der Waals surface area (Å²) < 4.78 is 5.64. The summed E-state index contributed by atoms with van der Waals surface area (Å²) in [6, 6.07) is 0. The summed E-state index contributed by atoms with van der Waals surface area (Å²) >= 11 is 0. The SMILES string of the molecule is CCNC(C)(CCCCN1CCCOC(C)C1)C(N)=O. The predicted octanol–water partition coefficient (Wildman–Crippen LogP) is 1.12. The summed E-state index contributed by atoms with van der Waals surface area (Å²) in [5, 5.41) is 3.21. The molecule has 118 valence electrons. The van der Waals surface area contributed by atoms with E-state index in [9.17, 15) is 4.79 Å². The maximum atomic E-state index is 11.5. The van der Waals surface area contributed by atoms with Crippen LogP contribution in [0.15, 0.2) is 0 Å². The number of primary amides is 1. The number of hydrogen-bond donors (Lipinski definition) is 2. The fourth-order valence-electron chi connectivity index (χ4n) is 2.79. The monoisotopic (exact) mass is 285 g/mol. The molecule has 0 saturated carbocycles. The van der Waals surface area contributed by atoms with Gasteiger partial charge in [-0.15, -0.1) is 0 Å². The fraction of sp³-hybridized carbons (Fsp3) is 0.933. The van der Waals surface area contributed by atoms with E-state index < -0.39 is 5.54 Å². The van der Waals surface area contributed by atoms with Crippen LogP contribution in [-0.4, -0.2) is 55.2 Å². The Kier molecular flexibility index (Phi) is 7.48. The van der Waals surface area contributed by atoms with Crippen LogP contribution in [0.25, 0.3) is 0 Å². The highest BCUT2D eigenvalue weighted by atomic mass is 16.5. The molecule has 0 aromatic rings. The Hall–Kier alpha value is -0.650. The van der Waals surface area contributed by atoms with Gasteiger partial charge in [0.2, 0.25) is 5.91 Å². The zero-order valence-electron chi connectivity index (χ0n) is 13.3. The first-order valence-electron chi connectivity index (χ1n) is 7.87. The average Bonchev–Trinajstić information content (AvgIpc) is 2.59. The molecule has 3 N–H and O–H groups in total. The summed E-state index contributed by atoms with van der Waals surface area (Å²) in [4.78, 5) is 14.0. The van der Waals surface area contributed by atoms with Gasteiger partial charge in [-0.3, -0.25) is 4.79 Å². The molecule has 1 heterocycles. The van der Waals surface area contributed by atoms with Gasteiger partial charge in [0, 0.05) is 19.7 Å². The second-order valence-corrected chi connectivity index (χ2v) is 6.02. The third-order valence-corrected chi connectivity index (χ3v) is 4.05. The van der Waals surface area contributed by atoms with Gasteiger partial charge in [0.15, 0.2) is 0 Å². The molecular formula is C15H31N3O2. The Morgan fingerprint density at radius 1 is 1.50 bits per heavy atom. The van der Waals surface area contributed by atoms with Gasteiger partial charge in [-0.05, 0) is 52.6 Å². The van der Waals surface area contributed by atoms with E-state index in [1.807, 2.05) is 13.8 Å². The van der Waals surface area contributed by atoms with E-state index in [0.29, 0.717) is 6.10 Å². The Morgan fingerprint density at radius 3 is 2.90 bits per heavy atom. The zero-order valence-corrected chi connectivity index (χ0v) is 13.3. The van der Waals surface area contributed by atoms with E-state index in [1.165, 1.54) is 0 Å². The van der Waals surface area contributed by atoms with E-state index in [-0.39, 0.29) is 5.91 Å². The largest absolute Gasteiger partial charge is 0.377 e. The van der Waals surface area contributed by atoms with Crippen LogP contribution >= 0.6 is 0 Å². The summed E-state index contributed by atoms with van der Waals surface area (Å²) in [5.74, 6) is -0.254. The number of rotatable bonds is 8. The lowest BCUT2D eigenvalue weighted by molar-refractivity contribution is -0.124. The topological polar surface area (TPSA) is 67.6 Å². The molecule has 1 amide bonds. The normalized spacial score (nSPS) is 24.1. The third kappa shape index (κ3) is 5.77. The van der Waals surface area contributed by atoms with Crippen LogP contribution in [0, 0.1) is 0 Å². The summed E-state index contributed by atoms with van der Waals surface area (Å²) in [6.45, 7) is 10.9. The molecule has 1 aliphatic heterocycles. The minimum absolute atomic E-state index is 0.254. The van der Waals surface area contributed by atoms with Crippen molar-refractivity contribution in [2.24, 2.45) is 5.73 Å². The van der Waals surface area contributed by atoms with Crippen LogP contribution in [0.4, 0.5) is 0 Å². The van der Waals surface area contributed by atoms with Crippen molar-refractivity contribution in [2.45, 2.75) is 58.1 Å². The molecule has 0 aromatic heterocycles. The van der Waals surface area contributed by atoms with E-state index in [4.69, 9.17) is 10.5 Å². The lowest BCUT2D eigenvalue weighted by Crippen LogP contribution is -2.53. The molecule has 0 aromatic carbocycles. The van der Waals surface area contributed by atoms with E-state index in [1.54, 1.807) is 0 Å². The lowest BCUT2D eigenvalue weighted by atomic mass is 9.94. The first-order chi connectivity index (χ1) is 9.48. The molecule has 0 aliphatic carbocycles. The van der Waals surface area contributed by atoms with Crippen molar-refractivity contribution in [1.29, 1.82) is 0 Å². The number of carbonyl (C=O) groups excluding carboxylic acids is 1. The second kappa shape index (κ2) is 8.60. The van der Waals surface area contributed by atoms with Crippen LogP contribution in [0.5, 0.6) is 0 Å². The number of hydrogen-bond acceptors (Lipinski definition) is 4. The molecule has 20 heavy (non-hydrogen) atoms. The highest BCUT2D eigenvalue weighted by Crippen LogP contribution is 2.14. The third-order valence-electron chi connectivity index (χ3n) is 4.05. The number of likely N-dealkylation sites (N-methyl/N-ethyl adjacent to an activating group) is 1. The molecular weight excluding hydrogens is 254 g/mol. The van der Waals surface area contributed by atoms with Crippen LogP contribution in [0.1, 0.15) is 46.5 Å². The molecule has 5 heteroatoms. The Bertz CT molecular complexity index is 299. The number of amides is 1. The number of nitrogens with two attached hydrogens (primary N) is 1. The molecule has 1 saturated heterocycles. The van der Waals surface area contributed by atoms with E-state index >= 15 is 0 Å². The molecule has 0 bridgehead atoms. The Labute approximate surface area is 123 Å². The number of carbonyl (C=O) groups is 1. The van der Waals surface area contributed by atoms with Gasteiger partial charge in [0.25, 0.3) is 0 Å². The van der Waals surface area contributed by atoms with Gasteiger partial charge >= 0.3 is 0 Å². The molecule has 1 aliphatic rings. The second-order valence-electron chi connectivity index (χ2n) is 6.02. The zero-order chi connectivity index (χ0) is 15.0. The molecule has 2 atom stereocenters. The number of ether oxygens (including phenoxy) is 1. The Balaban J connectivity index is 2.27. The van der Waals surface area contributed by atoms with Crippen molar-refractivity contribution in [3.8, 4) is 0 Å². The lowest BCUT2D eigenvalue weighted by Gasteiger charge is -2.27. The van der Waals surface area contributed by atoms with Crippen molar-refractivity contribution in [3.05, 3.63) is 0 Å². The van der Waals surface area contributed by atoms with Crippen LogP contribution in [-0.2, 0) is 9.53 Å². The van der Waals surface area contributed by atoms with E-state index in [2.05, 4.69) is 17.1 Å². The Morgan fingerprint density at radius 2 is 2.25 bits per heavy atom. The summed E-state index contributed by atoms with van der Waals surface area (Å²) in [5.41, 5.74) is 4.93. The molecule has 1 fully saturated rings. The predicted molar refractivity (Wildman–Crippen MR) is 81.6 cm³/mol. The molecule has 5 nitrogen and oxygen atoms in total. The van der Waals surface area contributed by atoms with Crippen molar-refractivity contribution in [2.75, 3.05) is 32.8 Å². The maximum Gasteiger partial charge on any atom is 0.237 e. The van der Waals surface area contributed by atoms with Gasteiger partial charge in [-0.25, -0.2) is 0 Å². The molecule has 0 spiro atoms. The average molecular weight is 285 g/mol. The van der Waals surface area contributed by atoms with Gasteiger partial charge in [0.1, 0.15) is 0 Å². The molecule has 1 rings (SSSR count). The van der Waals surface area contributed by atoms with Gasteiger partial charge in [0.05, 0.1) is 11.6 Å². The minimum atomic E-state index is -0.566. The van der Waals surface area contributed by atoms with Gasteiger partial charge in [-0.1, -0.05) is 6.92 Å². The minimum Gasteiger partial charge on any atom is -0.377 e. The first kappa shape index (κ1) is 17.4. The highest BCUT2D eigenvalue weighted by Gasteiger charge is 2.29. The van der Waals surface area contributed by atoms with Crippen LogP contribution in [0.3, 0.4) is 0 Å². The first-order valence-corrected chi connectivity index (χ1v) is 7.87. The van der Waals surface area contributed by atoms with Crippen molar-refractivity contribution in [1.82, 2.24) is 10.2 Å². The van der Waals surface area contributed by atoms with Gasteiger partial charge < -0.3 is 20.7 Å². The standard InChI is InChI=1S/C15H31N3O2/c1-4-17-15(3,14(16)19)8-5-6-9-18-10-7-11-20-13(2)12-18/h13,17H,4-12H2,1-3H3,(H2,16,19). The maximum absolute atomic E-state index is 11.5. The molecule has 2 unspecified atom stereocenters. The number of nitrogens with zero attached hydrogens (tertiary/aromatic N) is 1.